The number of rotatable bonds is 7. The number of nitrogens with one attached hydrogen (secondary N) is 1. The number of anilines is 2. The second-order valence-electron chi connectivity index (χ2n) is 8.00. The number of nitrogens with zero attached hydrogens (tertiary/aromatic N) is 5. The quantitative estimate of drug-likeness (QED) is 0.177. The standard InChI is InChI=1S/C23H19F7N6O2/c1-37-21-32-20(36-8-3-2-4-9-36)33-22(34-21)38-13-7-5-6-12(10-13)11-31-35-19-17(26)15(24)14(23(28,29)30)16(25)18(19)27/h5-7,10-11,35H,2-4,8-9H2,1H3. The number of ether oxygens (including phenoxy) is 2. The van der Waals surface area contributed by atoms with Crippen LogP contribution in [-0.4, -0.2) is 41.4 Å². The van der Waals surface area contributed by atoms with Gasteiger partial charge in [-0.25, -0.2) is 17.6 Å². The number of aromatic nitrogens is 3. The molecular formula is C23H19F7N6O2. The Hall–Kier alpha value is -4.17. The Balaban J connectivity index is 1.52. The Morgan fingerprint density at radius 2 is 1.58 bits per heavy atom. The maximum atomic E-state index is 14.0. The van der Waals surface area contributed by atoms with Crippen molar-refractivity contribution in [3.63, 3.8) is 0 Å². The summed E-state index contributed by atoms with van der Waals surface area (Å²) in [6.07, 6.45) is -1.58. The molecule has 38 heavy (non-hydrogen) atoms. The largest absolute Gasteiger partial charge is 0.467 e. The van der Waals surface area contributed by atoms with Crippen molar-refractivity contribution in [3.8, 4) is 17.8 Å². The highest BCUT2D eigenvalue weighted by Crippen LogP contribution is 2.38. The van der Waals surface area contributed by atoms with Crippen molar-refractivity contribution >= 4 is 17.9 Å². The van der Waals surface area contributed by atoms with Crippen molar-refractivity contribution in [2.45, 2.75) is 25.4 Å². The number of hydrogen-bond acceptors (Lipinski definition) is 8. The Bertz CT molecular complexity index is 1320. The molecule has 15 heteroatoms. The van der Waals surface area contributed by atoms with E-state index < -0.39 is 40.7 Å². The van der Waals surface area contributed by atoms with Crippen LogP contribution in [0.4, 0.5) is 42.4 Å². The summed E-state index contributed by atoms with van der Waals surface area (Å²) in [6, 6.07) is 5.96. The molecule has 3 aromatic rings. The van der Waals surface area contributed by atoms with Crippen LogP contribution in [0.2, 0.25) is 0 Å². The number of benzene rings is 2. The maximum absolute atomic E-state index is 14.0. The van der Waals surface area contributed by atoms with Crippen LogP contribution in [0.1, 0.15) is 30.4 Å². The lowest BCUT2D eigenvalue weighted by Gasteiger charge is -2.26. The van der Waals surface area contributed by atoms with Gasteiger partial charge in [0.1, 0.15) is 17.0 Å². The van der Waals surface area contributed by atoms with Crippen molar-refractivity contribution in [2.24, 2.45) is 5.10 Å². The van der Waals surface area contributed by atoms with E-state index in [4.69, 9.17) is 9.47 Å². The molecule has 0 saturated carbocycles. The molecule has 0 unspecified atom stereocenters. The number of piperidine rings is 1. The highest BCUT2D eigenvalue weighted by atomic mass is 19.4. The highest BCUT2D eigenvalue weighted by molar-refractivity contribution is 5.80. The van der Waals surface area contributed by atoms with Crippen LogP contribution in [0.25, 0.3) is 0 Å². The number of hydrogen-bond donors (Lipinski definition) is 1. The fourth-order valence-electron chi connectivity index (χ4n) is 3.61. The number of methoxy groups -OCH3 is 1. The molecule has 0 bridgehead atoms. The SMILES string of the molecule is COc1nc(Oc2cccc(C=NNc3c(F)c(F)c(C(F)(F)F)c(F)c3F)c2)nc(N2CCCCC2)n1. The normalized spacial score (nSPS) is 14.2. The Morgan fingerprint density at radius 3 is 2.21 bits per heavy atom. The molecule has 2 aromatic carbocycles. The Labute approximate surface area is 211 Å². The van der Waals surface area contributed by atoms with Crippen LogP contribution in [-0.2, 0) is 6.18 Å². The van der Waals surface area contributed by atoms with E-state index in [2.05, 4.69) is 20.1 Å². The molecular weight excluding hydrogens is 525 g/mol. The minimum Gasteiger partial charge on any atom is -0.467 e. The molecule has 1 N–H and O–H groups in total. The molecule has 1 aliphatic heterocycles. The van der Waals surface area contributed by atoms with Gasteiger partial charge >= 0.3 is 18.2 Å². The zero-order chi connectivity index (χ0) is 27.4. The van der Waals surface area contributed by atoms with E-state index >= 15 is 0 Å². The Kier molecular flexibility index (Phi) is 7.83. The molecule has 0 radical (unpaired) electrons. The van der Waals surface area contributed by atoms with Crippen molar-refractivity contribution in [3.05, 3.63) is 58.7 Å². The number of halogens is 7. The van der Waals surface area contributed by atoms with Crippen LogP contribution in [0, 0.1) is 23.3 Å². The number of hydrazone groups is 1. The first-order valence-electron chi connectivity index (χ1n) is 11.1. The first-order chi connectivity index (χ1) is 18.1. The molecule has 2 heterocycles. The van der Waals surface area contributed by atoms with Gasteiger partial charge in [0.2, 0.25) is 5.95 Å². The van der Waals surface area contributed by atoms with Crippen molar-refractivity contribution < 1.29 is 40.2 Å². The molecule has 0 spiro atoms. The molecule has 1 fully saturated rings. The third kappa shape index (κ3) is 5.86. The number of alkyl halides is 3. The van der Waals surface area contributed by atoms with E-state index in [1.807, 2.05) is 4.90 Å². The summed E-state index contributed by atoms with van der Waals surface area (Å²) in [6.45, 7) is 1.53. The van der Waals surface area contributed by atoms with Gasteiger partial charge in [0.25, 0.3) is 0 Å². The second-order valence-corrected chi connectivity index (χ2v) is 8.00. The lowest BCUT2D eigenvalue weighted by atomic mass is 10.1. The van der Waals surface area contributed by atoms with E-state index in [-0.39, 0.29) is 23.3 Å². The van der Waals surface area contributed by atoms with Gasteiger partial charge in [-0.3, -0.25) is 5.43 Å². The van der Waals surface area contributed by atoms with Crippen LogP contribution >= 0.6 is 0 Å². The van der Waals surface area contributed by atoms with Crippen molar-refractivity contribution in [1.82, 2.24) is 15.0 Å². The van der Waals surface area contributed by atoms with Gasteiger partial charge < -0.3 is 14.4 Å². The minimum atomic E-state index is -5.64. The average Bonchev–Trinajstić information content (AvgIpc) is 2.89. The summed E-state index contributed by atoms with van der Waals surface area (Å²) in [5.41, 5.74) is -2.23. The molecule has 202 valence electrons. The van der Waals surface area contributed by atoms with Gasteiger partial charge in [0.15, 0.2) is 23.3 Å². The summed E-state index contributed by atoms with van der Waals surface area (Å²) in [4.78, 5) is 14.6. The topological polar surface area (TPSA) is 84.8 Å². The second kappa shape index (κ2) is 11.1. The molecule has 1 aromatic heterocycles. The van der Waals surface area contributed by atoms with E-state index in [9.17, 15) is 30.7 Å². The van der Waals surface area contributed by atoms with E-state index in [1.54, 1.807) is 11.5 Å². The molecule has 0 atom stereocenters. The third-order valence-corrected chi connectivity index (χ3v) is 5.41. The fraction of sp³-hybridized carbons (Fsp3) is 0.304. The molecule has 0 amide bonds. The van der Waals surface area contributed by atoms with Crippen LogP contribution in [0.5, 0.6) is 17.8 Å². The molecule has 4 rings (SSSR count). The van der Waals surface area contributed by atoms with E-state index in [0.717, 1.165) is 38.6 Å². The summed E-state index contributed by atoms with van der Waals surface area (Å²) in [7, 11) is 1.39. The van der Waals surface area contributed by atoms with E-state index in [0.29, 0.717) is 5.95 Å². The van der Waals surface area contributed by atoms with Gasteiger partial charge in [-0.1, -0.05) is 12.1 Å². The van der Waals surface area contributed by atoms with E-state index in [1.165, 1.54) is 25.3 Å². The molecule has 1 saturated heterocycles. The summed E-state index contributed by atoms with van der Waals surface area (Å²) < 4.78 is 105. The maximum Gasteiger partial charge on any atom is 0.422 e. The van der Waals surface area contributed by atoms with Crippen LogP contribution in [0.3, 0.4) is 0 Å². The predicted molar refractivity (Wildman–Crippen MR) is 121 cm³/mol. The van der Waals surface area contributed by atoms with Gasteiger partial charge in [0.05, 0.1) is 13.3 Å². The zero-order valence-electron chi connectivity index (χ0n) is 19.6. The predicted octanol–water partition coefficient (Wildman–Crippen LogP) is 5.68. The van der Waals surface area contributed by atoms with Gasteiger partial charge in [0, 0.05) is 13.1 Å². The zero-order valence-corrected chi connectivity index (χ0v) is 19.6. The molecule has 8 nitrogen and oxygen atoms in total. The fourth-order valence-corrected chi connectivity index (χ4v) is 3.61. The monoisotopic (exact) mass is 544 g/mol. The first kappa shape index (κ1) is 26.9. The van der Waals surface area contributed by atoms with Crippen molar-refractivity contribution in [2.75, 3.05) is 30.5 Å². The van der Waals surface area contributed by atoms with Crippen molar-refractivity contribution in [1.29, 1.82) is 0 Å². The van der Waals surface area contributed by atoms with Crippen LogP contribution in [0.15, 0.2) is 29.4 Å². The molecule has 1 aliphatic rings. The molecule has 0 aliphatic carbocycles. The van der Waals surface area contributed by atoms with Gasteiger partial charge in [-0.2, -0.15) is 28.2 Å². The van der Waals surface area contributed by atoms with Gasteiger partial charge in [-0.15, -0.1) is 4.98 Å². The minimum absolute atomic E-state index is 0.0394. The summed E-state index contributed by atoms with van der Waals surface area (Å²) >= 11 is 0. The average molecular weight is 544 g/mol. The summed E-state index contributed by atoms with van der Waals surface area (Å²) in [5.74, 6) is -9.15. The smallest absolute Gasteiger partial charge is 0.422 e. The first-order valence-corrected chi connectivity index (χ1v) is 11.1. The Morgan fingerprint density at radius 1 is 0.921 bits per heavy atom. The summed E-state index contributed by atoms with van der Waals surface area (Å²) in [5, 5.41) is 3.47. The third-order valence-electron chi connectivity index (χ3n) is 5.41. The lowest BCUT2D eigenvalue weighted by molar-refractivity contribution is -0.143. The van der Waals surface area contributed by atoms with Crippen LogP contribution < -0.4 is 19.8 Å². The van der Waals surface area contributed by atoms with Gasteiger partial charge in [-0.05, 0) is 37.0 Å². The lowest BCUT2D eigenvalue weighted by Crippen LogP contribution is -2.31. The highest BCUT2D eigenvalue weighted by Gasteiger charge is 2.42.